The van der Waals surface area contributed by atoms with Crippen molar-refractivity contribution in [3.63, 3.8) is 0 Å². The number of aryl methyl sites for hydroxylation is 1. The molecule has 0 saturated carbocycles. The molecule has 7 nitrogen and oxygen atoms in total. The fourth-order valence-corrected chi connectivity index (χ4v) is 4.63. The number of fused-ring (bicyclic) bond motifs is 1. The molecule has 0 aliphatic rings. The third-order valence-electron chi connectivity index (χ3n) is 6.81. The summed E-state index contributed by atoms with van der Waals surface area (Å²) in [6, 6.07) is 22.1. The van der Waals surface area contributed by atoms with E-state index in [4.69, 9.17) is 19.2 Å². The van der Waals surface area contributed by atoms with Crippen molar-refractivity contribution in [3.8, 4) is 17.2 Å². The second-order valence-corrected chi connectivity index (χ2v) is 9.91. The molecule has 0 aliphatic heterocycles. The van der Waals surface area contributed by atoms with E-state index in [-0.39, 0.29) is 12.3 Å². The Bertz CT molecular complexity index is 1360. The minimum absolute atomic E-state index is 0.0385. The molecule has 39 heavy (non-hydrogen) atoms. The normalized spacial score (nSPS) is 11.1. The SMILES string of the molecule is COc1ccc(CC(=O)NCCc2nc3ccccc3n2CCCCOc2ccc(C(C)C)cc2)cc1OC. The van der Waals surface area contributed by atoms with E-state index in [1.807, 2.05) is 36.4 Å². The van der Waals surface area contributed by atoms with Gasteiger partial charge in [-0.3, -0.25) is 4.79 Å². The van der Waals surface area contributed by atoms with Crippen LogP contribution in [0.5, 0.6) is 17.2 Å². The maximum absolute atomic E-state index is 12.6. The van der Waals surface area contributed by atoms with Crippen molar-refractivity contribution in [2.45, 2.75) is 52.0 Å². The second-order valence-electron chi connectivity index (χ2n) is 9.91. The monoisotopic (exact) mass is 529 g/mol. The number of amides is 1. The van der Waals surface area contributed by atoms with Gasteiger partial charge in [0.25, 0.3) is 0 Å². The van der Waals surface area contributed by atoms with Gasteiger partial charge in [-0.15, -0.1) is 0 Å². The first-order chi connectivity index (χ1) is 19.0. The molecule has 0 aliphatic carbocycles. The van der Waals surface area contributed by atoms with E-state index in [9.17, 15) is 4.79 Å². The summed E-state index contributed by atoms with van der Waals surface area (Å²) in [7, 11) is 3.18. The van der Waals surface area contributed by atoms with Crippen molar-refractivity contribution in [3.05, 3.63) is 83.7 Å². The number of hydrogen-bond acceptors (Lipinski definition) is 5. The van der Waals surface area contributed by atoms with Gasteiger partial charge in [0.05, 0.1) is 38.3 Å². The van der Waals surface area contributed by atoms with Gasteiger partial charge in [0.15, 0.2) is 11.5 Å². The first-order valence-electron chi connectivity index (χ1n) is 13.6. The van der Waals surface area contributed by atoms with E-state index in [1.165, 1.54) is 5.56 Å². The predicted molar refractivity (Wildman–Crippen MR) is 155 cm³/mol. The molecule has 1 heterocycles. The summed E-state index contributed by atoms with van der Waals surface area (Å²) in [6.07, 6.45) is 2.85. The topological polar surface area (TPSA) is 74.6 Å². The Balaban J connectivity index is 1.28. The van der Waals surface area contributed by atoms with E-state index in [2.05, 4.69) is 54.1 Å². The lowest BCUT2D eigenvalue weighted by Crippen LogP contribution is -2.28. The predicted octanol–water partition coefficient (Wildman–Crippen LogP) is 5.94. The fraction of sp³-hybridized carbons (Fsp3) is 0.375. The summed E-state index contributed by atoms with van der Waals surface area (Å²) in [6.45, 7) is 6.43. The van der Waals surface area contributed by atoms with Gasteiger partial charge in [0, 0.05) is 19.5 Å². The van der Waals surface area contributed by atoms with Gasteiger partial charge in [0.1, 0.15) is 11.6 Å². The number of methoxy groups -OCH3 is 2. The number of benzene rings is 3. The maximum Gasteiger partial charge on any atom is 0.224 e. The molecule has 0 bridgehead atoms. The minimum Gasteiger partial charge on any atom is -0.494 e. The zero-order valence-electron chi connectivity index (χ0n) is 23.4. The van der Waals surface area contributed by atoms with Crippen molar-refractivity contribution < 1.29 is 19.0 Å². The zero-order valence-corrected chi connectivity index (χ0v) is 23.4. The lowest BCUT2D eigenvalue weighted by Gasteiger charge is -2.12. The molecular formula is C32H39N3O4. The third-order valence-corrected chi connectivity index (χ3v) is 6.81. The van der Waals surface area contributed by atoms with Gasteiger partial charge < -0.3 is 24.1 Å². The quantitative estimate of drug-likeness (QED) is 0.205. The van der Waals surface area contributed by atoms with Gasteiger partial charge >= 0.3 is 0 Å². The van der Waals surface area contributed by atoms with E-state index in [0.29, 0.717) is 37.0 Å². The van der Waals surface area contributed by atoms with Crippen LogP contribution < -0.4 is 19.5 Å². The first kappa shape index (κ1) is 28.0. The number of aromatic nitrogens is 2. The van der Waals surface area contributed by atoms with Crippen LogP contribution in [-0.4, -0.2) is 42.8 Å². The Labute approximate surface area is 231 Å². The van der Waals surface area contributed by atoms with Crippen LogP contribution in [0.3, 0.4) is 0 Å². The smallest absolute Gasteiger partial charge is 0.224 e. The molecule has 0 saturated heterocycles. The average molecular weight is 530 g/mol. The number of hydrogen-bond donors (Lipinski definition) is 1. The Morgan fingerprint density at radius 1 is 0.949 bits per heavy atom. The number of para-hydroxylation sites is 2. The van der Waals surface area contributed by atoms with Crippen LogP contribution in [0.15, 0.2) is 66.7 Å². The van der Waals surface area contributed by atoms with E-state index >= 15 is 0 Å². The lowest BCUT2D eigenvalue weighted by molar-refractivity contribution is -0.120. The van der Waals surface area contributed by atoms with Gasteiger partial charge in [-0.2, -0.15) is 0 Å². The van der Waals surface area contributed by atoms with Crippen LogP contribution in [0.1, 0.15) is 49.6 Å². The van der Waals surface area contributed by atoms with Crippen molar-refractivity contribution in [2.24, 2.45) is 0 Å². The lowest BCUT2D eigenvalue weighted by atomic mass is 10.0. The number of nitrogens with one attached hydrogen (secondary N) is 1. The van der Waals surface area contributed by atoms with Gasteiger partial charge in [-0.25, -0.2) is 4.98 Å². The summed E-state index contributed by atoms with van der Waals surface area (Å²) in [5, 5.41) is 3.04. The molecule has 206 valence electrons. The molecule has 0 fully saturated rings. The number of nitrogens with zero attached hydrogens (tertiary/aromatic N) is 2. The molecule has 0 spiro atoms. The summed E-state index contributed by atoms with van der Waals surface area (Å²) in [5.74, 6) is 3.63. The summed E-state index contributed by atoms with van der Waals surface area (Å²) in [5.41, 5.74) is 4.29. The van der Waals surface area contributed by atoms with E-state index < -0.39 is 0 Å². The second kappa shape index (κ2) is 13.7. The largest absolute Gasteiger partial charge is 0.494 e. The Morgan fingerprint density at radius 3 is 2.46 bits per heavy atom. The molecule has 1 amide bonds. The van der Waals surface area contributed by atoms with Crippen LogP contribution in [-0.2, 0) is 24.2 Å². The molecule has 7 heteroatoms. The van der Waals surface area contributed by atoms with Crippen molar-refractivity contribution in [2.75, 3.05) is 27.4 Å². The summed E-state index contributed by atoms with van der Waals surface area (Å²) >= 11 is 0. The highest BCUT2D eigenvalue weighted by Crippen LogP contribution is 2.27. The highest BCUT2D eigenvalue weighted by atomic mass is 16.5. The van der Waals surface area contributed by atoms with Crippen LogP contribution in [0.25, 0.3) is 11.0 Å². The zero-order chi connectivity index (χ0) is 27.6. The summed E-state index contributed by atoms with van der Waals surface area (Å²) < 4.78 is 18.9. The van der Waals surface area contributed by atoms with Gasteiger partial charge in [0.2, 0.25) is 5.91 Å². The van der Waals surface area contributed by atoms with Crippen molar-refractivity contribution in [1.29, 1.82) is 0 Å². The highest BCUT2D eigenvalue weighted by molar-refractivity contribution is 5.79. The van der Waals surface area contributed by atoms with Crippen molar-refractivity contribution >= 4 is 16.9 Å². The highest BCUT2D eigenvalue weighted by Gasteiger charge is 2.12. The maximum atomic E-state index is 12.6. The molecule has 4 rings (SSSR count). The molecule has 3 aromatic carbocycles. The average Bonchev–Trinajstić information content (AvgIpc) is 3.30. The number of carbonyl (C=O) groups excluding carboxylic acids is 1. The van der Waals surface area contributed by atoms with Gasteiger partial charge in [-0.1, -0.05) is 44.2 Å². The Hall–Kier alpha value is -4.00. The van der Waals surface area contributed by atoms with Gasteiger partial charge in [-0.05, 0) is 66.3 Å². The van der Waals surface area contributed by atoms with E-state index in [1.54, 1.807) is 14.2 Å². The Morgan fingerprint density at radius 2 is 1.72 bits per heavy atom. The van der Waals surface area contributed by atoms with Crippen molar-refractivity contribution in [1.82, 2.24) is 14.9 Å². The molecule has 0 atom stereocenters. The standard InChI is InChI=1S/C32H39N3O4/c1-23(2)25-12-14-26(15-13-25)39-20-8-7-19-35-28-10-6-5-9-27(28)34-31(35)17-18-33-32(36)22-24-11-16-29(37-3)30(21-24)38-4/h5-6,9-16,21,23H,7-8,17-20,22H2,1-4H3,(H,33,36). The minimum atomic E-state index is -0.0385. The van der Waals surface area contributed by atoms with Crippen LogP contribution in [0, 0.1) is 0 Å². The third kappa shape index (κ3) is 7.53. The van der Waals surface area contributed by atoms with Crippen LogP contribution in [0.4, 0.5) is 0 Å². The molecule has 0 unspecified atom stereocenters. The molecular weight excluding hydrogens is 490 g/mol. The van der Waals surface area contributed by atoms with Crippen LogP contribution >= 0.6 is 0 Å². The van der Waals surface area contributed by atoms with E-state index in [0.717, 1.165) is 47.6 Å². The summed E-state index contributed by atoms with van der Waals surface area (Å²) in [4.78, 5) is 17.5. The van der Waals surface area contributed by atoms with Crippen LogP contribution in [0.2, 0.25) is 0 Å². The number of rotatable bonds is 14. The molecule has 4 aromatic rings. The first-order valence-corrected chi connectivity index (χ1v) is 13.6. The molecule has 0 radical (unpaired) electrons. The number of ether oxygens (including phenoxy) is 3. The molecule has 1 aromatic heterocycles. The molecule has 1 N–H and O–H groups in total. The Kier molecular flexibility index (Phi) is 9.84. The fourth-order valence-electron chi connectivity index (χ4n) is 4.63. The number of carbonyl (C=O) groups is 1. The number of unbranched alkanes of at least 4 members (excludes halogenated alkanes) is 1. The number of imidazole rings is 1.